The van der Waals surface area contributed by atoms with E-state index in [2.05, 4.69) is 0 Å². The standard InChI is InChI=1S/C8H5Cl2NO2/c1-4-6-2-5(9)3-7(10)8(6)13-11(4)12/h2-3H,1H3. The van der Waals surface area contributed by atoms with Crippen molar-refractivity contribution in [1.82, 2.24) is 0 Å². The first-order valence-electron chi connectivity index (χ1n) is 3.58. The maximum absolute atomic E-state index is 11.1. The van der Waals surface area contributed by atoms with Crippen LogP contribution in [-0.4, -0.2) is 0 Å². The van der Waals surface area contributed by atoms with Crippen LogP contribution in [0.25, 0.3) is 11.0 Å². The highest BCUT2D eigenvalue weighted by Crippen LogP contribution is 2.28. The fourth-order valence-corrected chi connectivity index (χ4v) is 1.70. The summed E-state index contributed by atoms with van der Waals surface area (Å²) in [6.07, 6.45) is 0. The van der Waals surface area contributed by atoms with Crippen molar-refractivity contribution >= 4 is 34.2 Å². The van der Waals surface area contributed by atoms with Crippen molar-refractivity contribution in [2.75, 3.05) is 0 Å². The minimum atomic E-state index is 0.347. The number of fused-ring (bicyclic) bond motifs is 1. The molecule has 0 aliphatic rings. The van der Waals surface area contributed by atoms with Gasteiger partial charge in [0.1, 0.15) is 5.58 Å². The van der Waals surface area contributed by atoms with Crippen molar-refractivity contribution in [3.8, 4) is 0 Å². The molecule has 0 unspecified atom stereocenters. The minimum absolute atomic E-state index is 0.347. The van der Waals surface area contributed by atoms with Crippen LogP contribution in [0.5, 0.6) is 0 Å². The Kier molecular flexibility index (Phi) is 1.86. The van der Waals surface area contributed by atoms with Gasteiger partial charge in [0.15, 0.2) is 0 Å². The number of halogens is 2. The molecule has 0 N–H and O–H groups in total. The lowest BCUT2D eigenvalue weighted by Crippen LogP contribution is -2.25. The maximum atomic E-state index is 11.1. The summed E-state index contributed by atoms with van der Waals surface area (Å²) in [7, 11) is 0. The highest BCUT2D eigenvalue weighted by atomic mass is 35.5. The van der Waals surface area contributed by atoms with Gasteiger partial charge >= 0.3 is 0 Å². The highest BCUT2D eigenvalue weighted by Gasteiger charge is 2.14. The Morgan fingerprint density at radius 2 is 2.08 bits per heavy atom. The molecule has 3 nitrogen and oxygen atoms in total. The molecule has 0 aliphatic carbocycles. The lowest BCUT2D eigenvalue weighted by Gasteiger charge is -1.93. The van der Waals surface area contributed by atoms with Crippen molar-refractivity contribution in [3.05, 3.63) is 33.1 Å². The molecule has 0 fully saturated rings. The molecule has 0 atom stereocenters. The topological polar surface area (TPSA) is 40.1 Å². The van der Waals surface area contributed by atoms with Gasteiger partial charge in [0.05, 0.1) is 10.4 Å². The molecule has 1 heterocycles. The second-order valence-corrected chi connectivity index (χ2v) is 3.54. The Morgan fingerprint density at radius 1 is 1.38 bits per heavy atom. The van der Waals surface area contributed by atoms with E-state index in [-0.39, 0.29) is 0 Å². The Labute approximate surface area is 84.0 Å². The van der Waals surface area contributed by atoms with E-state index in [1.54, 1.807) is 13.0 Å². The van der Waals surface area contributed by atoms with E-state index in [0.717, 1.165) is 0 Å². The van der Waals surface area contributed by atoms with Gasteiger partial charge in [-0.2, -0.15) is 0 Å². The molecule has 2 rings (SSSR count). The van der Waals surface area contributed by atoms with E-state index in [0.29, 0.717) is 31.6 Å². The molecule has 0 saturated heterocycles. The largest absolute Gasteiger partial charge is 0.365 e. The first-order chi connectivity index (χ1) is 6.09. The average Bonchev–Trinajstić information content (AvgIpc) is 2.32. The number of hydrogen-bond donors (Lipinski definition) is 0. The van der Waals surface area contributed by atoms with Crippen LogP contribution in [-0.2, 0) is 0 Å². The zero-order chi connectivity index (χ0) is 9.59. The SMILES string of the molecule is Cc1c2cc(Cl)cc(Cl)c2o[n+]1[O-]. The molecule has 0 saturated carbocycles. The van der Waals surface area contributed by atoms with E-state index >= 15 is 0 Å². The van der Waals surface area contributed by atoms with Crippen molar-refractivity contribution in [2.45, 2.75) is 6.92 Å². The van der Waals surface area contributed by atoms with E-state index in [9.17, 15) is 5.21 Å². The number of nitrogens with zero attached hydrogens (tertiary/aromatic N) is 1. The second-order valence-electron chi connectivity index (χ2n) is 2.70. The van der Waals surface area contributed by atoms with Crippen molar-refractivity contribution in [1.29, 1.82) is 0 Å². The van der Waals surface area contributed by atoms with Crippen LogP contribution in [0.1, 0.15) is 5.69 Å². The monoisotopic (exact) mass is 217 g/mol. The number of benzene rings is 1. The van der Waals surface area contributed by atoms with Gasteiger partial charge in [0.2, 0.25) is 0 Å². The Morgan fingerprint density at radius 3 is 2.77 bits per heavy atom. The van der Waals surface area contributed by atoms with E-state index in [1.807, 2.05) is 0 Å². The summed E-state index contributed by atoms with van der Waals surface area (Å²) >= 11 is 11.6. The van der Waals surface area contributed by atoms with Crippen LogP contribution < -0.4 is 4.90 Å². The van der Waals surface area contributed by atoms with Crippen LogP contribution in [0, 0.1) is 12.1 Å². The maximum Gasteiger partial charge on any atom is 0.250 e. The van der Waals surface area contributed by atoms with Gasteiger partial charge in [0, 0.05) is 16.8 Å². The summed E-state index contributed by atoms with van der Waals surface area (Å²) in [5, 5.41) is 12.5. The minimum Gasteiger partial charge on any atom is -0.365 e. The smallest absolute Gasteiger partial charge is 0.250 e. The summed E-state index contributed by atoms with van der Waals surface area (Å²) in [5.74, 6) is 0. The number of rotatable bonds is 0. The Hall–Kier alpha value is -0.930. The fraction of sp³-hybridized carbons (Fsp3) is 0.125. The van der Waals surface area contributed by atoms with Crippen LogP contribution in [0.3, 0.4) is 0 Å². The average molecular weight is 218 g/mol. The molecule has 0 spiro atoms. The summed E-state index contributed by atoms with van der Waals surface area (Å²) < 4.78 is 4.85. The molecule has 0 bridgehead atoms. The van der Waals surface area contributed by atoms with E-state index in [1.165, 1.54) is 6.07 Å². The molecule has 1 aromatic heterocycles. The van der Waals surface area contributed by atoms with Crippen molar-refractivity contribution in [3.63, 3.8) is 0 Å². The first-order valence-corrected chi connectivity index (χ1v) is 4.33. The summed E-state index contributed by atoms with van der Waals surface area (Å²) in [5.41, 5.74) is 0.831. The third kappa shape index (κ3) is 1.24. The highest BCUT2D eigenvalue weighted by molar-refractivity contribution is 6.38. The van der Waals surface area contributed by atoms with Gasteiger partial charge in [-0.05, 0) is 12.1 Å². The van der Waals surface area contributed by atoms with Gasteiger partial charge in [-0.3, -0.25) is 5.21 Å². The lowest BCUT2D eigenvalue weighted by atomic mass is 10.2. The summed E-state index contributed by atoms with van der Waals surface area (Å²) in [4.78, 5) is 0.423. The van der Waals surface area contributed by atoms with E-state index in [4.69, 9.17) is 27.7 Å². The van der Waals surface area contributed by atoms with Gasteiger partial charge in [0.25, 0.3) is 5.69 Å². The third-order valence-corrected chi connectivity index (χ3v) is 2.35. The van der Waals surface area contributed by atoms with Gasteiger partial charge in [-0.25, -0.2) is 0 Å². The van der Waals surface area contributed by atoms with Crippen molar-refractivity contribution < 1.29 is 9.43 Å². The second kappa shape index (κ2) is 2.79. The number of aryl methyl sites for hydroxylation is 1. The zero-order valence-corrected chi connectivity index (χ0v) is 8.19. The quantitative estimate of drug-likeness (QED) is 0.637. The Bertz CT molecular complexity index is 478. The normalized spacial score (nSPS) is 11.0. The van der Waals surface area contributed by atoms with E-state index < -0.39 is 0 Å². The van der Waals surface area contributed by atoms with Gasteiger partial charge in [-0.1, -0.05) is 23.2 Å². The van der Waals surface area contributed by atoms with Gasteiger partial charge in [-0.15, -0.1) is 0 Å². The van der Waals surface area contributed by atoms with Crippen LogP contribution in [0.15, 0.2) is 16.7 Å². The zero-order valence-electron chi connectivity index (χ0n) is 6.67. The van der Waals surface area contributed by atoms with Crippen molar-refractivity contribution in [2.24, 2.45) is 0 Å². The third-order valence-electron chi connectivity index (χ3n) is 1.85. The molecule has 1 aromatic carbocycles. The number of hydrogen-bond acceptors (Lipinski definition) is 2. The molecule has 0 amide bonds. The summed E-state index contributed by atoms with van der Waals surface area (Å²) in [6, 6.07) is 3.18. The van der Waals surface area contributed by atoms with Crippen LogP contribution in [0.2, 0.25) is 10.0 Å². The predicted octanol–water partition coefficient (Wildman–Crippen LogP) is 2.68. The molecule has 0 radical (unpaired) electrons. The predicted molar refractivity (Wildman–Crippen MR) is 49.9 cm³/mol. The number of aromatic nitrogens is 1. The summed E-state index contributed by atoms with van der Waals surface area (Å²) in [6.45, 7) is 1.64. The molecular weight excluding hydrogens is 213 g/mol. The van der Waals surface area contributed by atoms with Gasteiger partial charge < -0.3 is 4.52 Å². The van der Waals surface area contributed by atoms with Crippen LogP contribution in [0.4, 0.5) is 0 Å². The Balaban J connectivity index is 2.94. The molecular formula is C8H5Cl2NO2. The lowest BCUT2D eigenvalue weighted by molar-refractivity contribution is -0.792. The molecule has 2 aromatic rings. The molecule has 68 valence electrons. The molecule has 0 aliphatic heterocycles. The molecule has 5 heteroatoms. The molecule has 13 heavy (non-hydrogen) atoms. The van der Waals surface area contributed by atoms with Crippen LogP contribution >= 0.6 is 23.2 Å². The fourth-order valence-electron chi connectivity index (χ4n) is 1.17. The first kappa shape index (κ1) is 8.66.